The predicted molar refractivity (Wildman–Crippen MR) is 153 cm³/mol. The maximum atomic E-state index is 6.28. The molecule has 0 bridgehead atoms. The van der Waals surface area contributed by atoms with Gasteiger partial charge in [0.2, 0.25) is 0 Å². The standard InChI is InChI=1S/C26H35Cl2N4O2PS/c1-6-29-35(30-7-2)17-34-22-10-8-19(9-11-22)15-32-24(16-33-5)31-25(18(3)4)26(32)36-23-13-20(27)12-21(28)14-23/h8-14,18,29-30H,6-7,15-17H2,1-5H3. The van der Waals surface area contributed by atoms with Crippen LogP contribution in [0.4, 0.5) is 0 Å². The van der Waals surface area contributed by atoms with Crippen LogP contribution in [0.5, 0.6) is 5.75 Å². The lowest BCUT2D eigenvalue weighted by Gasteiger charge is -2.19. The van der Waals surface area contributed by atoms with Gasteiger partial charge in [-0.1, -0.05) is 74.8 Å². The molecule has 2 N–H and O–H groups in total. The second kappa shape index (κ2) is 14.6. The molecular formula is C26H35Cl2N4O2PS. The third-order valence-corrected chi connectivity index (χ3v) is 8.53. The summed E-state index contributed by atoms with van der Waals surface area (Å²) in [6.45, 7) is 11.4. The average molecular weight is 570 g/mol. The van der Waals surface area contributed by atoms with Crippen molar-refractivity contribution < 1.29 is 9.47 Å². The molecule has 0 saturated heterocycles. The van der Waals surface area contributed by atoms with Crippen molar-refractivity contribution >= 4 is 43.2 Å². The van der Waals surface area contributed by atoms with Crippen LogP contribution in [-0.2, 0) is 17.9 Å². The minimum absolute atomic E-state index is 0.248. The van der Waals surface area contributed by atoms with E-state index < -0.39 is 8.22 Å². The number of imidazole rings is 1. The fraction of sp³-hybridized carbons (Fsp3) is 0.423. The molecule has 1 heterocycles. The van der Waals surface area contributed by atoms with Gasteiger partial charge >= 0.3 is 0 Å². The summed E-state index contributed by atoms with van der Waals surface area (Å²) in [4.78, 5) is 5.93. The molecule has 0 saturated carbocycles. The van der Waals surface area contributed by atoms with E-state index in [4.69, 9.17) is 37.7 Å². The highest BCUT2D eigenvalue weighted by Crippen LogP contribution is 2.38. The number of hydrogen-bond donors (Lipinski definition) is 2. The summed E-state index contributed by atoms with van der Waals surface area (Å²) < 4.78 is 13.8. The molecule has 3 rings (SSSR count). The van der Waals surface area contributed by atoms with Crippen molar-refractivity contribution in [2.24, 2.45) is 0 Å². The predicted octanol–water partition coefficient (Wildman–Crippen LogP) is 7.53. The van der Waals surface area contributed by atoms with E-state index in [-0.39, 0.29) is 5.92 Å². The van der Waals surface area contributed by atoms with Gasteiger partial charge in [-0.25, -0.2) is 4.98 Å². The Morgan fingerprint density at radius 2 is 1.67 bits per heavy atom. The summed E-state index contributed by atoms with van der Waals surface area (Å²) in [7, 11) is 1.15. The Balaban J connectivity index is 1.85. The molecule has 0 radical (unpaired) electrons. The van der Waals surface area contributed by atoms with Crippen LogP contribution in [0.3, 0.4) is 0 Å². The second-order valence-corrected chi connectivity index (χ2v) is 12.2. The summed E-state index contributed by atoms with van der Waals surface area (Å²) in [5.41, 5.74) is 2.18. The molecule has 10 heteroatoms. The largest absolute Gasteiger partial charge is 0.486 e. The first-order valence-electron chi connectivity index (χ1n) is 12.0. The summed E-state index contributed by atoms with van der Waals surface area (Å²) in [5, 5.41) is 9.19. The number of rotatable bonds is 14. The number of ether oxygens (including phenoxy) is 2. The number of aromatic nitrogens is 2. The van der Waals surface area contributed by atoms with Gasteiger partial charge in [0.15, 0.2) is 0 Å². The zero-order chi connectivity index (χ0) is 26.1. The first-order valence-corrected chi connectivity index (χ1v) is 15.1. The molecule has 0 unspecified atom stereocenters. The van der Waals surface area contributed by atoms with Crippen LogP contribution in [-0.4, -0.2) is 36.1 Å². The highest BCUT2D eigenvalue weighted by molar-refractivity contribution is 7.99. The lowest BCUT2D eigenvalue weighted by Crippen LogP contribution is -2.22. The van der Waals surface area contributed by atoms with Crippen LogP contribution < -0.4 is 14.9 Å². The topological polar surface area (TPSA) is 60.3 Å². The zero-order valence-electron chi connectivity index (χ0n) is 21.5. The lowest BCUT2D eigenvalue weighted by molar-refractivity contribution is 0.174. The molecule has 0 fully saturated rings. The Morgan fingerprint density at radius 3 is 2.22 bits per heavy atom. The fourth-order valence-electron chi connectivity index (χ4n) is 3.63. The average Bonchev–Trinajstić information content (AvgIpc) is 3.15. The van der Waals surface area contributed by atoms with Crippen molar-refractivity contribution in [2.75, 3.05) is 26.5 Å². The van der Waals surface area contributed by atoms with Gasteiger partial charge in [0.05, 0.1) is 13.9 Å². The van der Waals surface area contributed by atoms with Crippen LogP contribution in [0.25, 0.3) is 0 Å². The van der Waals surface area contributed by atoms with E-state index in [9.17, 15) is 0 Å². The third kappa shape index (κ3) is 8.35. The Labute approximate surface area is 230 Å². The van der Waals surface area contributed by atoms with E-state index in [1.165, 1.54) is 0 Å². The van der Waals surface area contributed by atoms with Gasteiger partial charge in [-0.2, -0.15) is 0 Å². The summed E-state index contributed by atoms with van der Waals surface area (Å²) >= 11 is 14.2. The molecule has 0 atom stereocenters. The smallest absolute Gasteiger partial charge is 0.136 e. The molecule has 196 valence electrons. The highest BCUT2D eigenvalue weighted by atomic mass is 35.5. The minimum Gasteiger partial charge on any atom is -0.486 e. The van der Waals surface area contributed by atoms with Crippen molar-refractivity contribution in [1.82, 2.24) is 19.7 Å². The number of hydrogen-bond acceptors (Lipinski definition) is 6. The number of nitrogens with one attached hydrogen (secondary N) is 2. The van der Waals surface area contributed by atoms with Crippen LogP contribution >= 0.6 is 43.2 Å². The molecule has 0 aliphatic rings. The normalized spacial score (nSPS) is 11.6. The number of methoxy groups -OCH3 is 1. The van der Waals surface area contributed by atoms with Gasteiger partial charge in [-0.15, -0.1) is 0 Å². The van der Waals surface area contributed by atoms with Gasteiger partial charge in [-0.3, -0.25) is 10.2 Å². The molecule has 1 aromatic heterocycles. The number of benzene rings is 2. The van der Waals surface area contributed by atoms with Crippen LogP contribution in [0, 0.1) is 0 Å². The van der Waals surface area contributed by atoms with E-state index in [0.717, 1.165) is 45.8 Å². The molecule has 0 spiro atoms. The molecule has 0 aliphatic heterocycles. The van der Waals surface area contributed by atoms with Gasteiger partial charge in [-0.05, 0) is 54.9 Å². The Hall–Kier alpha value is -1.31. The monoisotopic (exact) mass is 568 g/mol. The van der Waals surface area contributed by atoms with Gasteiger partial charge in [0.25, 0.3) is 0 Å². The van der Waals surface area contributed by atoms with E-state index in [1.807, 2.05) is 24.3 Å². The molecular weight excluding hydrogens is 534 g/mol. The first kappa shape index (κ1) is 29.2. The van der Waals surface area contributed by atoms with Crippen molar-refractivity contribution in [3.05, 3.63) is 69.6 Å². The molecule has 0 aliphatic carbocycles. The molecule has 0 amide bonds. The highest BCUT2D eigenvalue weighted by Gasteiger charge is 2.21. The van der Waals surface area contributed by atoms with E-state index in [1.54, 1.807) is 24.9 Å². The van der Waals surface area contributed by atoms with Crippen molar-refractivity contribution in [1.29, 1.82) is 0 Å². The van der Waals surface area contributed by atoms with E-state index in [0.29, 0.717) is 29.5 Å². The molecule has 6 nitrogen and oxygen atoms in total. The van der Waals surface area contributed by atoms with Crippen molar-refractivity contribution in [2.45, 2.75) is 56.7 Å². The molecule has 36 heavy (non-hydrogen) atoms. The van der Waals surface area contributed by atoms with Gasteiger partial charge in [0.1, 0.15) is 29.6 Å². The Bertz CT molecular complexity index is 1090. The second-order valence-electron chi connectivity index (χ2n) is 8.47. The van der Waals surface area contributed by atoms with Crippen LogP contribution in [0.15, 0.2) is 52.4 Å². The minimum atomic E-state index is -0.548. The summed E-state index contributed by atoms with van der Waals surface area (Å²) in [6, 6.07) is 13.9. The quantitative estimate of drug-likeness (QED) is 0.196. The Kier molecular flexibility index (Phi) is 11.8. The van der Waals surface area contributed by atoms with Crippen molar-refractivity contribution in [3.8, 4) is 5.75 Å². The lowest BCUT2D eigenvalue weighted by atomic mass is 10.1. The molecule has 3 aromatic rings. The van der Waals surface area contributed by atoms with Gasteiger partial charge < -0.3 is 14.0 Å². The maximum Gasteiger partial charge on any atom is 0.136 e. The van der Waals surface area contributed by atoms with E-state index in [2.05, 4.69) is 54.6 Å². The summed E-state index contributed by atoms with van der Waals surface area (Å²) in [5.74, 6) is 1.99. The van der Waals surface area contributed by atoms with E-state index >= 15 is 0 Å². The fourth-order valence-corrected chi connectivity index (χ4v) is 6.88. The van der Waals surface area contributed by atoms with Crippen LogP contribution in [0.2, 0.25) is 10.0 Å². The molecule has 2 aromatic carbocycles. The maximum absolute atomic E-state index is 6.28. The summed E-state index contributed by atoms with van der Waals surface area (Å²) in [6.07, 6.45) is 0.622. The van der Waals surface area contributed by atoms with Crippen LogP contribution in [0.1, 0.15) is 50.7 Å². The van der Waals surface area contributed by atoms with Crippen molar-refractivity contribution in [3.63, 3.8) is 0 Å². The number of nitrogens with zero attached hydrogens (tertiary/aromatic N) is 2. The zero-order valence-corrected chi connectivity index (χ0v) is 24.7. The number of halogens is 2. The third-order valence-electron chi connectivity index (χ3n) is 5.22. The Morgan fingerprint density at radius 1 is 1.03 bits per heavy atom. The van der Waals surface area contributed by atoms with Gasteiger partial charge in [0, 0.05) is 28.6 Å². The SMILES string of the molecule is CCNP(COc1ccc(Cn2c(COC)nc(C(C)C)c2Sc2cc(Cl)cc(Cl)c2)cc1)NCC. The first-order chi connectivity index (χ1) is 17.3.